The van der Waals surface area contributed by atoms with Crippen molar-refractivity contribution >= 4 is 27.5 Å². The molecule has 170 valence electrons. The van der Waals surface area contributed by atoms with Gasteiger partial charge in [0.1, 0.15) is 17.4 Å². The molecule has 0 aliphatic heterocycles. The second-order valence-corrected chi connectivity index (χ2v) is 11.9. The highest BCUT2D eigenvalue weighted by Gasteiger charge is 2.26. The number of hydrogen-bond donors (Lipinski definition) is 2. The molecule has 1 amide bonds. The molecule has 0 spiro atoms. The van der Waals surface area contributed by atoms with Crippen LogP contribution in [0.15, 0.2) is 46.9 Å². The number of nitriles is 1. The van der Waals surface area contributed by atoms with Crippen LogP contribution in [-0.2, 0) is 25.5 Å². The van der Waals surface area contributed by atoms with Gasteiger partial charge in [0.15, 0.2) is 9.84 Å². The molecule has 0 aliphatic carbocycles. The van der Waals surface area contributed by atoms with E-state index in [1.165, 1.54) is 30.3 Å². The summed E-state index contributed by atoms with van der Waals surface area (Å²) in [7, 11) is -3.34. The number of phenolic OH excluding ortho intramolecular Hbond substituents is 1. The maximum absolute atomic E-state index is 12.7. The molecule has 0 bridgehead atoms. The third kappa shape index (κ3) is 5.98. The Morgan fingerprint density at radius 2 is 1.47 bits per heavy atom. The van der Waals surface area contributed by atoms with E-state index < -0.39 is 15.7 Å². The molecule has 0 aromatic heterocycles. The van der Waals surface area contributed by atoms with Crippen molar-refractivity contribution in [1.29, 1.82) is 5.26 Å². The Morgan fingerprint density at radius 1 is 1.00 bits per heavy atom. The van der Waals surface area contributed by atoms with Gasteiger partial charge >= 0.3 is 0 Å². The molecule has 2 N–H and O–H groups in total. The molecule has 0 heterocycles. The summed E-state index contributed by atoms with van der Waals surface area (Å²) in [5.41, 5.74) is 1.67. The predicted molar refractivity (Wildman–Crippen MR) is 127 cm³/mol. The average Bonchev–Trinajstić information content (AvgIpc) is 2.64. The molecule has 32 heavy (non-hydrogen) atoms. The van der Waals surface area contributed by atoms with Crippen LogP contribution in [0.5, 0.6) is 5.75 Å². The van der Waals surface area contributed by atoms with E-state index in [-0.39, 0.29) is 27.0 Å². The molecule has 2 aromatic rings. The molecular formula is C25H30N2O4S. The monoisotopic (exact) mass is 454 g/mol. The predicted octanol–water partition coefficient (Wildman–Crippen LogP) is 4.94. The fourth-order valence-electron chi connectivity index (χ4n) is 3.18. The first-order chi connectivity index (χ1) is 14.5. The summed E-state index contributed by atoms with van der Waals surface area (Å²) < 4.78 is 23.2. The Balaban J connectivity index is 2.46. The Bertz CT molecular complexity index is 1170. The van der Waals surface area contributed by atoms with Crippen LogP contribution in [0, 0.1) is 11.3 Å². The largest absolute Gasteiger partial charge is 0.507 e. The van der Waals surface area contributed by atoms with Crippen molar-refractivity contribution in [2.45, 2.75) is 57.3 Å². The number of amides is 1. The second kappa shape index (κ2) is 8.79. The summed E-state index contributed by atoms with van der Waals surface area (Å²) >= 11 is 0. The number of sulfone groups is 1. The lowest BCUT2D eigenvalue weighted by Crippen LogP contribution is -2.18. The quantitative estimate of drug-likeness (QED) is 0.503. The number of aromatic hydroxyl groups is 1. The van der Waals surface area contributed by atoms with Crippen LogP contribution in [0.3, 0.4) is 0 Å². The van der Waals surface area contributed by atoms with Crippen LogP contribution in [-0.4, -0.2) is 25.7 Å². The van der Waals surface area contributed by atoms with Gasteiger partial charge in [-0.05, 0) is 58.9 Å². The summed E-state index contributed by atoms with van der Waals surface area (Å²) in [5, 5.41) is 23.1. The summed E-state index contributed by atoms with van der Waals surface area (Å²) in [6.45, 7) is 11.9. The van der Waals surface area contributed by atoms with Crippen LogP contribution in [0.1, 0.15) is 58.2 Å². The maximum atomic E-state index is 12.7. The standard InChI is InChI=1S/C25H30N2O4S/c1-24(2,3)20-13-16(14-21(22(20)28)25(4,5)6)12-17(15-26)23(29)27-18-8-10-19(11-9-18)32(7,30)31/h8-14,28H,1-7H3,(H,27,29)/b17-12+. The smallest absolute Gasteiger partial charge is 0.266 e. The summed E-state index contributed by atoms with van der Waals surface area (Å²) in [5.74, 6) is -0.390. The minimum absolute atomic E-state index is 0.109. The van der Waals surface area contributed by atoms with Gasteiger partial charge in [0, 0.05) is 23.1 Å². The van der Waals surface area contributed by atoms with Gasteiger partial charge in [-0.15, -0.1) is 0 Å². The van der Waals surface area contributed by atoms with Crippen LogP contribution < -0.4 is 5.32 Å². The molecule has 0 fully saturated rings. The van der Waals surface area contributed by atoms with Crippen LogP contribution in [0.25, 0.3) is 6.08 Å². The van der Waals surface area contributed by atoms with Crippen molar-refractivity contribution in [1.82, 2.24) is 0 Å². The van der Waals surface area contributed by atoms with Crippen molar-refractivity contribution in [3.8, 4) is 11.8 Å². The number of benzene rings is 2. The number of carbonyl (C=O) groups excluding carboxylic acids is 1. The minimum atomic E-state index is -3.34. The van der Waals surface area contributed by atoms with Crippen molar-refractivity contribution in [2.75, 3.05) is 11.6 Å². The molecule has 0 radical (unpaired) electrons. The van der Waals surface area contributed by atoms with E-state index in [1.807, 2.05) is 47.6 Å². The zero-order valence-electron chi connectivity index (χ0n) is 19.6. The van der Waals surface area contributed by atoms with Crippen LogP contribution in [0.4, 0.5) is 5.69 Å². The van der Waals surface area contributed by atoms with Gasteiger partial charge in [-0.1, -0.05) is 41.5 Å². The SMILES string of the molecule is CC(C)(C)c1cc(/C=C(\C#N)C(=O)Nc2ccc(S(C)(=O)=O)cc2)cc(C(C)(C)C)c1O. The lowest BCUT2D eigenvalue weighted by molar-refractivity contribution is -0.112. The van der Waals surface area contributed by atoms with Gasteiger partial charge in [0.2, 0.25) is 0 Å². The fraction of sp³-hybridized carbons (Fsp3) is 0.360. The van der Waals surface area contributed by atoms with Crippen LogP contribution in [0.2, 0.25) is 0 Å². The van der Waals surface area contributed by atoms with E-state index in [4.69, 9.17) is 0 Å². The molecule has 2 aromatic carbocycles. The molecule has 0 atom stereocenters. The van der Waals surface area contributed by atoms with Gasteiger partial charge in [0.05, 0.1) is 4.90 Å². The van der Waals surface area contributed by atoms with E-state index in [1.54, 1.807) is 12.1 Å². The Kier molecular flexibility index (Phi) is 6.91. The average molecular weight is 455 g/mol. The van der Waals surface area contributed by atoms with Crippen LogP contribution >= 0.6 is 0 Å². The van der Waals surface area contributed by atoms with Crippen molar-refractivity contribution in [3.63, 3.8) is 0 Å². The van der Waals surface area contributed by atoms with Gasteiger partial charge in [0.25, 0.3) is 5.91 Å². The number of nitrogens with one attached hydrogen (secondary N) is 1. The van der Waals surface area contributed by atoms with Crippen molar-refractivity contribution in [2.24, 2.45) is 0 Å². The van der Waals surface area contributed by atoms with E-state index >= 15 is 0 Å². The first-order valence-corrected chi connectivity index (χ1v) is 12.0. The number of anilines is 1. The minimum Gasteiger partial charge on any atom is -0.507 e. The summed E-state index contributed by atoms with van der Waals surface area (Å²) in [6, 6.07) is 11.2. The Labute approximate surface area is 190 Å². The van der Waals surface area contributed by atoms with E-state index in [9.17, 15) is 23.6 Å². The molecule has 6 nitrogen and oxygen atoms in total. The highest BCUT2D eigenvalue weighted by Crippen LogP contribution is 2.40. The molecule has 0 unspecified atom stereocenters. The molecule has 0 saturated heterocycles. The van der Waals surface area contributed by atoms with E-state index in [2.05, 4.69) is 5.32 Å². The Hall–Kier alpha value is -3.11. The maximum Gasteiger partial charge on any atom is 0.266 e. The highest BCUT2D eigenvalue weighted by atomic mass is 32.2. The topological polar surface area (TPSA) is 107 Å². The number of hydrogen-bond acceptors (Lipinski definition) is 5. The fourth-order valence-corrected chi connectivity index (χ4v) is 3.81. The van der Waals surface area contributed by atoms with E-state index in [0.717, 1.165) is 17.4 Å². The van der Waals surface area contributed by atoms with E-state index in [0.29, 0.717) is 11.3 Å². The number of phenols is 1. The number of carbonyl (C=O) groups is 1. The summed E-state index contributed by atoms with van der Waals surface area (Å²) in [4.78, 5) is 12.8. The van der Waals surface area contributed by atoms with Crippen molar-refractivity contribution in [3.05, 3.63) is 58.7 Å². The third-order valence-corrected chi connectivity index (χ3v) is 6.09. The molecule has 2 rings (SSSR count). The zero-order valence-corrected chi connectivity index (χ0v) is 20.4. The van der Waals surface area contributed by atoms with Gasteiger partial charge in [-0.25, -0.2) is 8.42 Å². The molecular weight excluding hydrogens is 424 g/mol. The summed E-state index contributed by atoms with van der Waals surface area (Å²) in [6.07, 6.45) is 2.59. The molecule has 0 aliphatic rings. The zero-order chi connectivity index (χ0) is 24.5. The first-order valence-electron chi connectivity index (χ1n) is 10.2. The lowest BCUT2D eigenvalue weighted by Gasteiger charge is -2.28. The molecule has 7 heteroatoms. The molecule has 0 saturated carbocycles. The third-order valence-electron chi connectivity index (χ3n) is 4.96. The highest BCUT2D eigenvalue weighted by molar-refractivity contribution is 7.90. The van der Waals surface area contributed by atoms with Gasteiger partial charge in [-0.3, -0.25) is 4.79 Å². The van der Waals surface area contributed by atoms with Crippen molar-refractivity contribution < 1.29 is 18.3 Å². The van der Waals surface area contributed by atoms with Gasteiger partial charge < -0.3 is 10.4 Å². The number of nitrogens with zero attached hydrogens (tertiary/aromatic N) is 1. The normalized spacial score (nSPS) is 12.9. The lowest BCUT2D eigenvalue weighted by atomic mass is 9.78. The first kappa shape index (κ1) is 25.2. The Morgan fingerprint density at radius 3 is 1.84 bits per heavy atom. The second-order valence-electron chi connectivity index (χ2n) is 9.89. The number of rotatable bonds is 4. The van der Waals surface area contributed by atoms with Gasteiger partial charge in [-0.2, -0.15) is 5.26 Å².